The number of nitrogens with one attached hydrogen (secondary N) is 1. The van der Waals surface area contributed by atoms with Gasteiger partial charge in [-0.1, -0.05) is 6.92 Å². The predicted octanol–water partition coefficient (Wildman–Crippen LogP) is 3.65. The van der Waals surface area contributed by atoms with Crippen LogP contribution in [0.2, 0.25) is 0 Å². The van der Waals surface area contributed by atoms with Crippen LogP contribution in [-0.2, 0) is 6.42 Å². The highest BCUT2D eigenvalue weighted by Crippen LogP contribution is 2.21. The summed E-state index contributed by atoms with van der Waals surface area (Å²) in [6, 6.07) is 12.2. The predicted molar refractivity (Wildman–Crippen MR) is 89.4 cm³/mol. The molecular weight excluding hydrogens is 302 g/mol. The molecular formula is C16H16ClN3O2. The number of carbonyl (C=O) groups excluding carboxylic acids is 1. The Balaban J connectivity index is 0.00000176. The number of hydrogen-bond donors (Lipinski definition) is 2. The fraction of sp³-hybridized carbons (Fsp3) is 0.125. The molecule has 0 fully saturated rings. The first-order chi connectivity index (χ1) is 10.2. The Kier molecular flexibility index (Phi) is 4.68. The van der Waals surface area contributed by atoms with Gasteiger partial charge >= 0.3 is 0 Å². The highest BCUT2D eigenvalue weighted by atomic mass is 35.5. The van der Waals surface area contributed by atoms with E-state index in [1.807, 2.05) is 6.92 Å². The van der Waals surface area contributed by atoms with Crippen molar-refractivity contribution in [3.8, 4) is 0 Å². The number of carbonyl (C=O) groups is 1. The molecule has 2 aromatic carbocycles. The van der Waals surface area contributed by atoms with E-state index in [4.69, 9.17) is 10.2 Å². The van der Waals surface area contributed by atoms with Crippen LogP contribution >= 0.6 is 12.4 Å². The standard InChI is InChI=1S/C16H15N3O2.ClH/c1-2-15-19-13-9-12(7-8-14(13)21-15)18-16(20)10-3-5-11(17)6-4-10;/h3-9H,2,17H2,1H3,(H,18,20);1H. The molecule has 0 atom stereocenters. The molecule has 0 aliphatic carbocycles. The molecule has 0 aliphatic heterocycles. The average molecular weight is 318 g/mol. The van der Waals surface area contributed by atoms with Gasteiger partial charge in [0.05, 0.1) is 0 Å². The zero-order valence-electron chi connectivity index (χ0n) is 12.0. The summed E-state index contributed by atoms with van der Waals surface area (Å²) in [6.07, 6.45) is 0.738. The van der Waals surface area contributed by atoms with Crippen LogP contribution in [0.25, 0.3) is 11.1 Å². The largest absolute Gasteiger partial charge is 0.441 e. The van der Waals surface area contributed by atoms with E-state index >= 15 is 0 Å². The van der Waals surface area contributed by atoms with Gasteiger partial charge < -0.3 is 15.5 Å². The Hall–Kier alpha value is -2.53. The lowest BCUT2D eigenvalue weighted by atomic mass is 10.2. The second-order valence-corrected chi connectivity index (χ2v) is 4.72. The smallest absolute Gasteiger partial charge is 0.255 e. The number of anilines is 2. The maximum Gasteiger partial charge on any atom is 0.255 e. The average Bonchev–Trinajstić information content (AvgIpc) is 2.90. The molecule has 6 heteroatoms. The molecule has 1 amide bonds. The Labute approximate surface area is 133 Å². The third-order valence-corrected chi connectivity index (χ3v) is 3.17. The van der Waals surface area contributed by atoms with E-state index in [-0.39, 0.29) is 18.3 Å². The summed E-state index contributed by atoms with van der Waals surface area (Å²) in [6.45, 7) is 1.98. The van der Waals surface area contributed by atoms with Crippen molar-refractivity contribution in [2.45, 2.75) is 13.3 Å². The molecule has 0 radical (unpaired) electrons. The van der Waals surface area contributed by atoms with Gasteiger partial charge in [-0.3, -0.25) is 4.79 Å². The van der Waals surface area contributed by atoms with E-state index in [0.29, 0.717) is 22.8 Å². The van der Waals surface area contributed by atoms with Crippen molar-refractivity contribution in [2.24, 2.45) is 0 Å². The molecule has 0 bridgehead atoms. The van der Waals surface area contributed by atoms with E-state index in [0.717, 1.165) is 17.5 Å². The number of amides is 1. The van der Waals surface area contributed by atoms with Crippen LogP contribution in [0, 0.1) is 0 Å². The van der Waals surface area contributed by atoms with Crippen molar-refractivity contribution >= 4 is 40.8 Å². The second kappa shape index (κ2) is 6.49. The van der Waals surface area contributed by atoms with Crippen LogP contribution in [0.5, 0.6) is 0 Å². The molecule has 0 saturated heterocycles. The van der Waals surface area contributed by atoms with Crippen molar-refractivity contribution in [1.82, 2.24) is 4.98 Å². The summed E-state index contributed by atoms with van der Waals surface area (Å²) < 4.78 is 5.54. The maximum atomic E-state index is 12.1. The SMILES string of the molecule is CCc1nc2cc(NC(=O)c3ccc(N)cc3)ccc2o1.Cl. The summed E-state index contributed by atoms with van der Waals surface area (Å²) >= 11 is 0. The Morgan fingerprint density at radius 3 is 2.64 bits per heavy atom. The van der Waals surface area contributed by atoms with Gasteiger partial charge in [0.25, 0.3) is 5.91 Å². The summed E-state index contributed by atoms with van der Waals surface area (Å²) in [5.74, 6) is 0.501. The number of hydrogen-bond acceptors (Lipinski definition) is 4. The van der Waals surface area contributed by atoms with Crippen molar-refractivity contribution in [3.05, 3.63) is 53.9 Å². The number of nitrogens with zero attached hydrogens (tertiary/aromatic N) is 1. The Morgan fingerprint density at radius 1 is 1.23 bits per heavy atom. The quantitative estimate of drug-likeness (QED) is 0.722. The fourth-order valence-corrected chi connectivity index (χ4v) is 2.04. The Bertz CT molecular complexity index is 797. The van der Waals surface area contributed by atoms with Crippen LogP contribution in [0.3, 0.4) is 0 Å². The molecule has 0 saturated carbocycles. The van der Waals surface area contributed by atoms with Crippen LogP contribution in [0.15, 0.2) is 46.9 Å². The number of fused-ring (bicyclic) bond motifs is 1. The van der Waals surface area contributed by atoms with Crippen LogP contribution < -0.4 is 11.1 Å². The van der Waals surface area contributed by atoms with Gasteiger partial charge in [-0.2, -0.15) is 0 Å². The molecule has 5 nitrogen and oxygen atoms in total. The molecule has 0 aliphatic rings. The number of nitrogen functional groups attached to an aromatic ring is 1. The summed E-state index contributed by atoms with van der Waals surface area (Å²) in [4.78, 5) is 16.5. The minimum Gasteiger partial charge on any atom is -0.441 e. The summed E-state index contributed by atoms with van der Waals surface area (Å²) in [5.41, 5.74) is 8.93. The normalized spacial score (nSPS) is 10.2. The number of aryl methyl sites for hydroxylation is 1. The van der Waals surface area contributed by atoms with E-state index in [1.54, 1.807) is 42.5 Å². The summed E-state index contributed by atoms with van der Waals surface area (Å²) in [5, 5.41) is 2.84. The first-order valence-electron chi connectivity index (χ1n) is 6.72. The molecule has 1 heterocycles. The third-order valence-electron chi connectivity index (χ3n) is 3.17. The fourth-order valence-electron chi connectivity index (χ4n) is 2.04. The van der Waals surface area contributed by atoms with Crippen molar-refractivity contribution in [3.63, 3.8) is 0 Å². The zero-order chi connectivity index (χ0) is 14.8. The first-order valence-corrected chi connectivity index (χ1v) is 6.72. The zero-order valence-corrected chi connectivity index (χ0v) is 12.8. The lowest BCUT2D eigenvalue weighted by Crippen LogP contribution is -2.11. The van der Waals surface area contributed by atoms with Crippen LogP contribution in [-0.4, -0.2) is 10.9 Å². The van der Waals surface area contributed by atoms with Gasteiger partial charge in [0.2, 0.25) is 0 Å². The van der Waals surface area contributed by atoms with E-state index in [1.165, 1.54) is 0 Å². The highest BCUT2D eigenvalue weighted by molar-refractivity contribution is 6.05. The highest BCUT2D eigenvalue weighted by Gasteiger charge is 2.08. The monoisotopic (exact) mass is 317 g/mol. The lowest BCUT2D eigenvalue weighted by molar-refractivity contribution is 0.102. The molecule has 3 N–H and O–H groups in total. The van der Waals surface area contributed by atoms with E-state index < -0.39 is 0 Å². The molecule has 1 aromatic heterocycles. The minimum absolute atomic E-state index is 0. The summed E-state index contributed by atoms with van der Waals surface area (Å²) in [7, 11) is 0. The number of aromatic nitrogens is 1. The number of nitrogens with two attached hydrogens (primary N) is 1. The molecule has 0 unspecified atom stereocenters. The third kappa shape index (κ3) is 3.20. The second-order valence-electron chi connectivity index (χ2n) is 4.72. The van der Waals surface area contributed by atoms with Gasteiger partial charge in [0, 0.05) is 23.4 Å². The molecule has 0 spiro atoms. The number of benzene rings is 2. The van der Waals surface area contributed by atoms with Crippen LogP contribution in [0.1, 0.15) is 23.2 Å². The lowest BCUT2D eigenvalue weighted by Gasteiger charge is -2.05. The van der Waals surface area contributed by atoms with Crippen molar-refractivity contribution in [2.75, 3.05) is 11.1 Å². The van der Waals surface area contributed by atoms with E-state index in [9.17, 15) is 4.79 Å². The van der Waals surface area contributed by atoms with E-state index in [2.05, 4.69) is 10.3 Å². The molecule has 22 heavy (non-hydrogen) atoms. The van der Waals surface area contributed by atoms with Crippen molar-refractivity contribution < 1.29 is 9.21 Å². The van der Waals surface area contributed by atoms with Gasteiger partial charge in [-0.05, 0) is 42.5 Å². The van der Waals surface area contributed by atoms with Crippen molar-refractivity contribution in [1.29, 1.82) is 0 Å². The van der Waals surface area contributed by atoms with Gasteiger partial charge in [0.15, 0.2) is 11.5 Å². The number of oxazole rings is 1. The van der Waals surface area contributed by atoms with Gasteiger partial charge in [-0.15, -0.1) is 12.4 Å². The minimum atomic E-state index is -0.187. The maximum absolute atomic E-state index is 12.1. The molecule has 3 aromatic rings. The Morgan fingerprint density at radius 2 is 1.95 bits per heavy atom. The number of rotatable bonds is 3. The van der Waals surface area contributed by atoms with Crippen LogP contribution in [0.4, 0.5) is 11.4 Å². The number of halogens is 1. The topological polar surface area (TPSA) is 81.2 Å². The molecule has 3 rings (SSSR count). The first kappa shape index (κ1) is 15.9. The van der Waals surface area contributed by atoms with Gasteiger partial charge in [-0.25, -0.2) is 4.98 Å². The van der Waals surface area contributed by atoms with Gasteiger partial charge in [0.1, 0.15) is 5.52 Å². The molecule has 114 valence electrons.